The van der Waals surface area contributed by atoms with Gasteiger partial charge in [-0.2, -0.15) is 0 Å². The minimum Gasteiger partial charge on any atom is -0.481 e. The smallest absolute Gasteiger partial charge is 0.303 e. The van der Waals surface area contributed by atoms with Gasteiger partial charge in [0.25, 0.3) is 0 Å². The van der Waals surface area contributed by atoms with E-state index < -0.39 is 5.97 Å². The van der Waals surface area contributed by atoms with Gasteiger partial charge in [0.05, 0.1) is 0 Å². The molecule has 0 aliphatic carbocycles. The van der Waals surface area contributed by atoms with E-state index in [1.54, 1.807) is 0 Å². The molecule has 0 saturated carbocycles. The first-order valence-corrected chi connectivity index (χ1v) is 8.38. The predicted molar refractivity (Wildman–Crippen MR) is 86.0 cm³/mol. The molecule has 2 heteroatoms. The van der Waals surface area contributed by atoms with E-state index in [2.05, 4.69) is 24.8 Å². The Kier molecular flexibility index (Phi) is 15.2. The van der Waals surface area contributed by atoms with Crippen LogP contribution in [0.1, 0.15) is 90.4 Å². The number of hydrogen-bond donors (Lipinski definition) is 1. The molecule has 0 atom stereocenters. The van der Waals surface area contributed by atoms with Gasteiger partial charge in [-0.1, -0.05) is 51.9 Å². The first kappa shape index (κ1) is 19.0. The molecule has 116 valence electrons. The van der Waals surface area contributed by atoms with Crippen LogP contribution < -0.4 is 0 Å². The molecule has 0 bridgehead atoms. The van der Waals surface area contributed by atoms with E-state index in [0.717, 1.165) is 19.3 Å². The number of aliphatic carboxylic acids is 1. The Hall–Kier alpha value is -1.01. The standard InChI is InChI=1S/C18H32O2/c1-2-3-4-5-6-7-8-9-10-11-12-13-14-15-16-17-18(19)20/h6,8H,2-5,9-17H2,1H3,(H,19,20). The van der Waals surface area contributed by atoms with E-state index in [1.165, 1.54) is 57.8 Å². The highest BCUT2D eigenvalue weighted by Gasteiger charge is 1.96. The molecule has 0 amide bonds. The number of unbranched alkanes of at least 4 members (excludes halogenated alkanes) is 10. The average molecular weight is 280 g/mol. The predicted octanol–water partition coefficient (Wildman–Crippen LogP) is 5.87. The molecule has 0 fully saturated rings. The van der Waals surface area contributed by atoms with Gasteiger partial charge in [0.15, 0.2) is 0 Å². The van der Waals surface area contributed by atoms with Gasteiger partial charge in [-0.25, -0.2) is 0 Å². The lowest BCUT2D eigenvalue weighted by Gasteiger charge is -1.99. The zero-order valence-corrected chi connectivity index (χ0v) is 13.2. The fourth-order valence-electron chi connectivity index (χ4n) is 2.15. The molecule has 20 heavy (non-hydrogen) atoms. The lowest BCUT2D eigenvalue weighted by molar-refractivity contribution is -0.137. The molecule has 0 aromatic heterocycles. The molecule has 0 aromatic rings. The summed E-state index contributed by atoms with van der Waals surface area (Å²) in [6, 6.07) is 0. The van der Waals surface area contributed by atoms with E-state index in [-0.39, 0.29) is 0 Å². The SMILES string of the molecule is CCCCCC=C=CCCCCCCCCCC(=O)O. The molecule has 0 spiro atoms. The van der Waals surface area contributed by atoms with Crippen molar-refractivity contribution < 1.29 is 9.90 Å². The number of hydrogen-bond acceptors (Lipinski definition) is 1. The molecule has 0 unspecified atom stereocenters. The van der Waals surface area contributed by atoms with E-state index >= 15 is 0 Å². The number of carboxylic acid groups (broad SMARTS) is 1. The molecular formula is C18H32O2. The van der Waals surface area contributed by atoms with E-state index in [1.807, 2.05) is 0 Å². The first-order chi connectivity index (χ1) is 9.77. The van der Waals surface area contributed by atoms with Crippen LogP contribution in [0.3, 0.4) is 0 Å². The third-order valence-electron chi connectivity index (χ3n) is 3.43. The molecule has 0 aliphatic rings. The Bertz CT molecular complexity index is 275. The third kappa shape index (κ3) is 17.0. The second-order valence-electron chi connectivity index (χ2n) is 5.48. The van der Waals surface area contributed by atoms with Crippen molar-refractivity contribution in [3.8, 4) is 0 Å². The van der Waals surface area contributed by atoms with Gasteiger partial charge < -0.3 is 5.11 Å². The largest absolute Gasteiger partial charge is 0.481 e. The summed E-state index contributed by atoms with van der Waals surface area (Å²) in [5.74, 6) is -0.667. The fraction of sp³-hybridized carbons (Fsp3) is 0.778. The topological polar surface area (TPSA) is 37.3 Å². The highest BCUT2D eigenvalue weighted by atomic mass is 16.4. The van der Waals surface area contributed by atoms with E-state index in [0.29, 0.717) is 6.42 Å². The second-order valence-corrected chi connectivity index (χ2v) is 5.48. The molecule has 0 aliphatic heterocycles. The zero-order chi connectivity index (χ0) is 14.9. The Morgan fingerprint density at radius 1 is 0.850 bits per heavy atom. The van der Waals surface area contributed by atoms with Crippen molar-refractivity contribution >= 4 is 5.97 Å². The van der Waals surface area contributed by atoms with Crippen molar-refractivity contribution in [1.82, 2.24) is 0 Å². The number of rotatable bonds is 14. The van der Waals surface area contributed by atoms with Crippen molar-refractivity contribution in [2.24, 2.45) is 0 Å². The van der Waals surface area contributed by atoms with Gasteiger partial charge in [0, 0.05) is 6.42 Å². The summed E-state index contributed by atoms with van der Waals surface area (Å²) in [7, 11) is 0. The Morgan fingerprint density at radius 3 is 1.90 bits per heavy atom. The lowest BCUT2D eigenvalue weighted by atomic mass is 10.1. The number of allylic oxidation sites excluding steroid dienone is 1. The summed E-state index contributed by atoms with van der Waals surface area (Å²) in [6.45, 7) is 2.23. The summed E-state index contributed by atoms with van der Waals surface area (Å²) in [5, 5.41) is 8.51. The van der Waals surface area contributed by atoms with E-state index in [9.17, 15) is 4.79 Å². The van der Waals surface area contributed by atoms with E-state index in [4.69, 9.17) is 5.11 Å². The molecule has 0 heterocycles. The Morgan fingerprint density at radius 2 is 1.35 bits per heavy atom. The highest BCUT2D eigenvalue weighted by molar-refractivity contribution is 5.66. The summed E-state index contributed by atoms with van der Waals surface area (Å²) in [6.07, 6.45) is 19.0. The maximum Gasteiger partial charge on any atom is 0.303 e. The quantitative estimate of drug-likeness (QED) is 0.319. The van der Waals surface area contributed by atoms with Crippen LogP contribution in [0.2, 0.25) is 0 Å². The van der Waals surface area contributed by atoms with Crippen LogP contribution in [0.4, 0.5) is 0 Å². The van der Waals surface area contributed by atoms with Crippen LogP contribution in [0.15, 0.2) is 17.9 Å². The minimum absolute atomic E-state index is 0.329. The van der Waals surface area contributed by atoms with Crippen LogP contribution >= 0.6 is 0 Å². The normalized spacial score (nSPS) is 10.1. The zero-order valence-electron chi connectivity index (χ0n) is 13.2. The maximum atomic E-state index is 10.3. The van der Waals surface area contributed by atoms with Crippen LogP contribution in [-0.2, 0) is 4.79 Å². The molecule has 0 aromatic carbocycles. The maximum absolute atomic E-state index is 10.3. The number of carbonyl (C=O) groups is 1. The molecule has 0 rings (SSSR count). The highest BCUT2D eigenvalue weighted by Crippen LogP contribution is 2.09. The monoisotopic (exact) mass is 280 g/mol. The van der Waals surface area contributed by atoms with Crippen molar-refractivity contribution in [3.05, 3.63) is 17.9 Å². The molecule has 2 nitrogen and oxygen atoms in total. The van der Waals surface area contributed by atoms with Crippen molar-refractivity contribution in [3.63, 3.8) is 0 Å². The van der Waals surface area contributed by atoms with Gasteiger partial charge in [-0.15, -0.1) is 5.73 Å². The van der Waals surface area contributed by atoms with Crippen molar-refractivity contribution in [1.29, 1.82) is 0 Å². The van der Waals surface area contributed by atoms with Crippen molar-refractivity contribution in [2.75, 3.05) is 0 Å². The lowest BCUT2D eigenvalue weighted by Crippen LogP contribution is -1.93. The Balaban J connectivity index is 3.16. The van der Waals surface area contributed by atoms with Crippen LogP contribution in [0, 0.1) is 0 Å². The fourth-order valence-corrected chi connectivity index (χ4v) is 2.15. The minimum atomic E-state index is -0.667. The molecule has 1 N–H and O–H groups in total. The van der Waals surface area contributed by atoms with Gasteiger partial charge in [0.2, 0.25) is 0 Å². The molecule has 0 radical (unpaired) electrons. The molecular weight excluding hydrogens is 248 g/mol. The van der Waals surface area contributed by atoms with Gasteiger partial charge in [0.1, 0.15) is 0 Å². The summed E-state index contributed by atoms with van der Waals surface area (Å²) < 4.78 is 0. The van der Waals surface area contributed by atoms with Crippen molar-refractivity contribution in [2.45, 2.75) is 90.4 Å². The van der Waals surface area contributed by atoms with Crippen LogP contribution in [0.5, 0.6) is 0 Å². The van der Waals surface area contributed by atoms with Gasteiger partial charge >= 0.3 is 5.97 Å². The summed E-state index contributed by atoms with van der Waals surface area (Å²) >= 11 is 0. The summed E-state index contributed by atoms with van der Waals surface area (Å²) in [4.78, 5) is 10.3. The number of carboxylic acids is 1. The van der Waals surface area contributed by atoms with Crippen LogP contribution in [-0.4, -0.2) is 11.1 Å². The van der Waals surface area contributed by atoms with Gasteiger partial charge in [-0.3, -0.25) is 4.79 Å². The van der Waals surface area contributed by atoms with Crippen LogP contribution in [0.25, 0.3) is 0 Å². The van der Waals surface area contributed by atoms with Gasteiger partial charge in [-0.05, 0) is 44.3 Å². The average Bonchev–Trinajstić information content (AvgIpc) is 2.43. The summed E-state index contributed by atoms with van der Waals surface area (Å²) in [5.41, 5.74) is 3.27. The first-order valence-electron chi connectivity index (χ1n) is 8.38. The molecule has 0 saturated heterocycles. The third-order valence-corrected chi connectivity index (χ3v) is 3.43. The second kappa shape index (κ2) is 16.0. The Labute approximate surface area is 125 Å².